The van der Waals surface area contributed by atoms with Gasteiger partial charge in [0.1, 0.15) is 12.0 Å². The van der Waals surface area contributed by atoms with Gasteiger partial charge in [0.2, 0.25) is 0 Å². The first-order valence-corrected chi connectivity index (χ1v) is 11.3. The second kappa shape index (κ2) is 9.05. The molecule has 0 N–H and O–H groups in total. The van der Waals surface area contributed by atoms with Gasteiger partial charge in [0.15, 0.2) is 5.13 Å². The van der Waals surface area contributed by atoms with E-state index in [1.165, 1.54) is 17.5 Å². The number of fused-ring (bicyclic) bond motifs is 1. The molecule has 0 saturated carbocycles. The fraction of sp³-hybridized carbons (Fsp3) is 0.364. The molecule has 3 aromatic rings. The summed E-state index contributed by atoms with van der Waals surface area (Å²) in [7, 11) is 0. The molecule has 0 spiro atoms. The summed E-state index contributed by atoms with van der Waals surface area (Å²) in [6, 6.07) is 14.1. The van der Waals surface area contributed by atoms with Crippen LogP contribution in [-0.4, -0.2) is 31.0 Å². The van der Waals surface area contributed by atoms with Gasteiger partial charge in [-0.25, -0.2) is 4.98 Å². The van der Waals surface area contributed by atoms with Gasteiger partial charge in [0, 0.05) is 24.0 Å². The van der Waals surface area contributed by atoms with Crippen LogP contribution >= 0.6 is 27.3 Å². The monoisotopic (exact) mass is 458 g/mol. The summed E-state index contributed by atoms with van der Waals surface area (Å²) in [6.45, 7) is 2.84. The molecule has 1 saturated heterocycles. The third-order valence-electron chi connectivity index (χ3n) is 5.24. The minimum absolute atomic E-state index is 0.443. The smallest absolute Gasteiger partial charge is 0.186 e. The van der Waals surface area contributed by atoms with Crippen molar-refractivity contribution in [2.45, 2.75) is 25.7 Å². The predicted molar refractivity (Wildman–Crippen MR) is 119 cm³/mol. The number of aromatic nitrogens is 1. The van der Waals surface area contributed by atoms with Gasteiger partial charge in [-0.1, -0.05) is 39.4 Å². The molecule has 1 aromatic heterocycles. The Hall–Kier alpha value is -1.92. The van der Waals surface area contributed by atoms with Crippen molar-refractivity contribution in [2.75, 3.05) is 24.6 Å². The molecule has 0 bridgehead atoms. The Morgan fingerprint density at radius 2 is 2.07 bits per heavy atom. The number of halogens is 1. The van der Waals surface area contributed by atoms with Gasteiger partial charge in [-0.15, -0.1) is 0 Å². The fourth-order valence-corrected chi connectivity index (χ4v) is 5.21. The average molecular weight is 459 g/mol. The topological polar surface area (TPSA) is 42.4 Å². The average Bonchev–Trinajstić information content (AvgIpc) is 3.12. The molecule has 4 rings (SSSR count). The molecular formula is C22H23BrN2O2S. The molecule has 0 atom stereocenters. The van der Waals surface area contributed by atoms with Crippen LogP contribution in [0.25, 0.3) is 10.2 Å². The van der Waals surface area contributed by atoms with Gasteiger partial charge in [-0.05, 0) is 61.1 Å². The van der Waals surface area contributed by atoms with E-state index in [-0.39, 0.29) is 0 Å². The molecule has 28 heavy (non-hydrogen) atoms. The summed E-state index contributed by atoms with van der Waals surface area (Å²) in [6.07, 6.45) is 4.79. The van der Waals surface area contributed by atoms with E-state index in [0.29, 0.717) is 12.3 Å². The first-order chi connectivity index (χ1) is 13.7. The Labute approximate surface area is 177 Å². The Kier molecular flexibility index (Phi) is 6.27. The Morgan fingerprint density at radius 1 is 1.21 bits per heavy atom. The lowest BCUT2D eigenvalue weighted by Gasteiger charge is -2.31. The lowest BCUT2D eigenvalue weighted by Crippen LogP contribution is -2.34. The van der Waals surface area contributed by atoms with Crippen molar-refractivity contribution < 1.29 is 9.53 Å². The molecule has 2 aromatic carbocycles. The van der Waals surface area contributed by atoms with Crippen LogP contribution in [0.1, 0.15) is 24.8 Å². The van der Waals surface area contributed by atoms with Crippen LogP contribution in [0.3, 0.4) is 0 Å². The summed E-state index contributed by atoms with van der Waals surface area (Å²) >= 11 is 5.31. The predicted octanol–water partition coefficient (Wildman–Crippen LogP) is 5.49. The second-order valence-corrected chi connectivity index (χ2v) is 9.12. The van der Waals surface area contributed by atoms with E-state index in [2.05, 4.69) is 33.0 Å². The van der Waals surface area contributed by atoms with Crippen molar-refractivity contribution >= 4 is 48.9 Å². The number of nitrogens with zero attached hydrogens (tertiary/aromatic N) is 2. The molecule has 2 heterocycles. The quantitative estimate of drug-likeness (QED) is 0.439. The maximum absolute atomic E-state index is 10.7. The molecule has 1 aliphatic heterocycles. The molecule has 1 aliphatic rings. The van der Waals surface area contributed by atoms with E-state index < -0.39 is 0 Å². The molecule has 0 radical (unpaired) electrons. The third kappa shape index (κ3) is 4.73. The minimum Gasteiger partial charge on any atom is -0.494 e. The first-order valence-electron chi connectivity index (χ1n) is 9.67. The van der Waals surface area contributed by atoms with Crippen LogP contribution in [0.2, 0.25) is 0 Å². The zero-order chi connectivity index (χ0) is 19.3. The van der Waals surface area contributed by atoms with Crippen LogP contribution in [0, 0.1) is 5.92 Å². The number of hydrogen-bond acceptors (Lipinski definition) is 5. The second-order valence-electron chi connectivity index (χ2n) is 7.19. The highest BCUT2D eigenvalue weighted by Gasteiger charge is 2.21. The number of benzene rings is 2. The van der Waals surface area contributed by atoms with Gasteiger partial charge in [-0.3, -0.25) is 0 Å². The summed E-state index contributed by atoms with van der Waals surface area (Å²) in [5, 5.41) is 1.13. The number of ether oxygens (including phenoxy) is 1. The van der Waals surface area contributed by atoms with Crippen LogP contribution in [0.4, 0.5) is 5.13 Å². The van der Waals surface area contributed by atoms with Gasteiger partial charge in [0.05, 0.1) is 16.8 Å². The number of anilines is 1. The highest BCUT2D eigenvalue weighted by Crippen LogP contribution is 2.33. The molecule has 1 fully saturated rings. The van der Waals surface area contributed by atoms with Crippen molar-refractivity contribution in [1.82, 2.24) is 4.98 Å². The van der Waals surface area contributed by atoms with Crippen molar-refractivity contribution in [3.8, 4) is 5.75 Å². The third-order valence-corrected chi connectivity index (χ3v) is 6.81. The summed E-state index contributed by atoms with van der Waals surface area (Å²) in [5.74, 6) is 1.55. The van der Waals surface area contributed by atoms with E-state index in [9.17, 15) is 4.79 Å². The molecule has 0 amide bonds. The molecule has 0 unspecified atom stereocenters. The van der Waals surface area contributed by atoms with Crippen molar-refractivity contribution in [2.24, 2.45) is 5.92 Å². The largest absolute Gasteiger partial charge is 0.494 e. The molecule has 6 heteroatoms. The first kappa shape index (κ1) is 19.4. The number of carbonyl (C=O) groups is 1. The number of hydrogen-bond donors (Lipinski definition) is 0. The van der Waals surface area contributed by atoms with E-state index in [0.717, 1.165) is 58.8 Å². The maximum atomic E-state index is 10.7. The van der Waals surface area contributed by atoms with Crippen LogP contribution in [0.5, 0.6) is 5.75 Å². The van der Waals surface area contributed by atoms with Crippen molar-refractivity contribution in [1.29, 1.82) is 0 Å². The zero-order valence-corrected chi connectivity index (χ0v) is 18.0. The number of aldehydes is 1. The van der Waals surface area contributed by atoms with Gasteiger partial charge in [-0.2, -0.15) is 0 Å². The molecule has 146 valence electrons. The number of thiazole rings is 1. The summed E-state index contributed by atoms with van der Waals surface area (Å²) in [5.41, 5.74) is 2.08. The fourth-order valence-electron chi connectivity index (χ4n) is 3.64. The number of rotatable bonds is 7. The van der Waals surface area contributed by atoms with Gasteiger partial charge in [0.25, 0.3) is 0 Å². The van der Waals surface area contributed by atoms with Gasteiger partial charge >= 0.3 is 0 Å². The number of piperidine rings is 1. The maximum Gasteiger partial charge on any atom is 0.186 e. The highest BCUT2D eigenvalue weighted by molar-refractivity contribution is 9.10. The lowest BCUT2D eigenvalue weighted by molar-refractivity contribution is -0.107. The van der Waals surface area contributed by atoms with Crippen molar-refractivity contribution in [3.63, 3.8) is 0 Å². The van der Waals surface area contributed by atoms with Crippen LogP contribution in [-0.2, 0) is 11.2 Å². The minimum atomic E-state index is 0.443. The SMILES string of the molecule is O=CCc1cccc(OCCC2CCN(c3nc4ccc(Br)cc4s3)CC2)c1. The number of carbonyl (C=O) groups excluding carboxylic acids is 1. The van der Waals surface area contributed by atoms with Crippen molar-refractivity contribution in [3.05, 3.63) is 52.5 Å². The molecule has 0 aliphatic carbocycles. The highest BCUT2D eigenvalue weighted by atomic mass is 79.9. The summed E-state index contributed by atoms with van der Waals surface area (Å²) in [4.78, 5) is 17.9. The van der Waals surface area contributed by atoms with Gasteiger partial charge < -0.3 is 14.4 Å². The zero-order valence-electron chi connectivity index (χ0n) is 15.6. The van der Waals surface area contributed by atoms with Crippen LogP contribution < -0.4 is 9.64 Å². The summed E-state index contributed by atoms with van der Waals surface area (Å²) < 4.78 is 8.25. The Morgan fingerprint density at radius 3 is 2.89 bits per heavy atom. The van der Waals surface area contributed by atoms with E-state index in [1.54, 1.807) is 11.3 Å². The Balaban J connectivity index is 1.26. The standard InChI is InChI=1S/C22H23BrN2O2S/c23-18-4-5-20-21(15-18)28-22(24-20)25-10-6-16(7-11-25)9-13-27-19-3-1-2-17(14-19)8-12-26/h1-5,12,14-16H,6-11,13H2. The van der Waals surface area contributed by atoms with Crippen LogP contribution in [0.15, 0.2) is 46.9 Å². The van der Waals surface area contributed by atoms with E-state index in [1.807, 2.05) is 30.3 Å². The molecule has 4 nitrogen and oxygen atoms in total. The normalized spacial score (nSPS) is 15.1. The van der Waals surface area contributed by atoms with E-state index in [4.69, 9.17) is 9.72 Å². The Bertz CT molecular complexity index is 951. The molecular weight excluding hydrogens is 436 g/mol. The lowest BCUT2D eigenvalue weighted by atomic mass is 9.94. The van der Waals surface area contributed by atoms with E-state index >= 15 is 0 Å².